The maximum absolute atomic E-state index is 4.59. The number of para-hydroxylation sites is 2. The van der Waals surface area contributed by atoms with Crippen molar-refractivity contribution in [3.63, 3.8) is 0 Å². The summed E-state index contributed by atoms with van der Waals surface area (Å²) in [6.07, 6.45) is 1.79. The monoisotopic (exact) mass is 322 g/mol. The molecule has 0 bridgehead atoms. The molecular formula is C18H22N6. The Labute approximate surface area is 141 Å². The molecule has 0 spiro atoms. The van der Waals surface area contributed by atoms with Gasteiger partial charge in [-0.2, -0.15) is 0 Å². The Morgan fingerprint density at radius 2 is 1.96 bits per heavy atom. The van der Waals surface area contributed by atoms with Gasteiger partial charge in [-0.05, 0) is 31.2 Å². The highest BCUT2D eigenvalue weighted by molar-refractivity contribution is 5.79. The number of aryl methyl sites for hydroxylation is 1. The van der Waals surface area contributed by atoms with Crippen LogP contribution in [0.15, 0.2) is 53.7 Å². The fourth-order valence-corrected chi connectivity index (χ4v) is 2.66. The van der Waals surface area contributed by atoms with Crippen molar-refractivity contribution < 1.29 is 0 Å². The van der Waals surface area contributed by atoms with Crippen LogP contribution in [0.2, 0.25) is 0 Å². The summed E-state index contributed by atoms with van der Waals surface area (Å²) in [5.74, 6) is 1.79. The van der Waals surface area contributed by atoms with E-state index in [-0.39, 0.29) is 0 Å². The Bertz CT molecular complexity index is 822. The number of nitrogens with one attached hydrogen (secondary N) is 2. The minimum Gasteiger partial charge on any atom is -0.355 e. The number of aliphatic imine (C=N–C) groups is 1. The number of benzene rings is 1. The van der Waals surface area contributed by atoms with Crippen LogP contribution in [0.5, 0.6) is 0 Å². The Balaban J connectivity index is 1.55. The Morgan fingerprint density at radius 3 is 2.75 bits per heavy atom. The summed E-state index contributed by atoms with van der Waals surface area (Å²) in [5.41, 5.74) is 3.18. The maximum Gasteiger partial charge on any atom is 0.191 e. The quantitative estimate of drug-likeness (QED) is 0.558. The number of guanidine groups is 1. The smallest absolute Gasteiger partial charge is 0.191 e. The first-order chi connectivity index (χ1) is 11.8. The Hall–Kier alpha value is -2.89. The van der Waals surface area contributed by atoms with Gasteiger partial charge in [-0.1, -0.05) is 18.2 Å². The molecule has 2 aromatic heterocycles. The summed E-state index contributed by atoms with van der Waals surface area (Å²) >= 11 is 0. The second kappa shape index (κ2) is 7.59. The van der Waals surface area contributed by atoms with Crippen molar-refractivity contribution in [3.05, 3.63) is 60.2 Å². The normalized spacial score (nSPS) is 11.7. The van der Waals surface area contributed by atoms with Crippen LogP contribution < -0.4 is 10.6 Å². The molecular weight excluding hydrogens is 300 g/mol. The number of rotatable bonds is 5. The third-order valence-electron chi connectivity index (χ3n) is 3.86. The third kappa shape index (κ3) is 3.71. The van der Waals surface area contributed by atoms with Crippen LogP contribution in [0.25, 0.3) is 11.0 Å². The molecule has 6 nitrogen and oxygen atoms in total. The van der Waals surface area contributed by atoms with Gasteiger partial charge < -0.3 is 15.2 Å². The highest BCUT2D eigenvalue weighted by Crippen LogP contribution is 2.14. The Kier molecular flexibility index (Phi) is 5.05. The lowest BCUT2D eigenvalue weighted by Crippen LogP contribution is -2.38. The van der Waals surface area contributed by atoms with Gasteiger partial charge in [-0.15, -0.1) is 0 Å². The van der Waals surface area contributed by atoms with Gasteiger partial charge >= 0.3 is 0 Å². The van der Waals surface area contributed by atoms with E-state index in [1.165, 1.54) is 0 Å². The molecule has 124 valence electrons. The lowest BCUT2D eigenvalue weighted by molar-refractivity contribution is 0.659. The molecule has 0 radical (unpaired) electrons. The van der Waals surface area contributed by atoms with Gasteiger partial charge in [0.2, 0.25) is 0 Å². The molecule has 0 aliphatic carbocycles. The molecule has 2 N–H and O–H groups in total. The number of pyridine rings is 1. The first kappa shape index (κ1) is 16.0. The summed E-state index contributed by atoms with van der Waals surface area (Å²) < 4.78 is 2.22. The van der Waals surface area contributed by atoms with E-state index in [4.69, 9.17) is 0 Å². The van der Waals surface area contributed by atoms with Gasteiger partial charge in [-0.3, -0.25) is 9.98 Å². The molecule has 0 aliphatic rings. The molecule has 0 atom stereocenters. The summed E-state index contributed by atoms with van der Waals surface area (Å²) in [4.78, 5) is 13.1. The minimum atomic E-state index is 0.646. The molecule has 2 heterocycles. The van der Waals surface area contributed by atoms with Crippen LogP contribution in [0.4, 0.5) is 0 Å². The molecule has 1 aromatic carbocycles. The van der Waals surface area contributed by atoms with Crippen LogP contribution in [-0.2, 0) is 13.1 Å². The van der Waals surface area contributed by atoms with E-state index in [1.54, 1.807) is 13.2 Å². The van der Waals surface area contributed by atoms with E-state index in [1.807, 2.05) is 43.3 Å². The zero-order valence-electron chi connectivity index (χ0n) is 14.0. The van der Waals surface area contributed by atoms with E-state index in [2.05, 4.69) is 36.2 Å². The van der Waals surface area contributed by atoms with Crippen LogP contribution in [-0.4, -0.2) is 34.1 Å². The van der Waals surface area contributed by atoms with Crippen molar-refractivity contribution in [2.75, 3.05) is 13.6 Å². The topological polar surface area (TPSA) is 67.1 Å². The summed E-state index contributed by atoms with van der Waals surface area (Å²) in [6, 6.07) is 14.1. The van der Waals surface area contributed by atoms with Crippen molar-refractivity contribution in [3.8, 4) is 0 Å². The van der Waals surface area contributed by atoms with Crippen molar-refractivity contribution in [2.24, 2.45) is 4.99 Å². The molecule has 0 aliphatic heterocycles. The van der Waals surface area contributed by atoms with Crippen LogP contribution in [0.3, 0.4) is 0 Å². The SMILES string of the molecule is CN=C(NCCn1c(C)nc2ccccc21)NCc1ccccn1. The maximum atomic E-state index is 4.59. The van der Waals surface area contributed by atoms with Crippen molar-refractivity contribution in [1.29, 1.82) is 0 Å². The molecule has 3 rings (SSSR count). The largest absolute Gasteiger partial charge is 0.355 e. The highest BCUT2D eigenvalue weighted by atomic mass is 15.2. The van der Waals surface area contributed by atoms with Crippen molar-refractivity contribution in [2.45, 2.75) is 20.0 Å². The highest BCUT2D eigenvalue weighted by Gasteiger charge is 2.06. The number of hydrogen-bond acceptors (Lipinski definition) is 3. The molecule has 0 saturated heterocycles. The minimum absolute atomic E-state index is 0.646. The van der Waals surface area contributed by atoms with E-state index >= 15 is 0 Å². The van der Waals surface area contributed by atoms with E-state index in [0.717, 1.165) is 41.6 Å². The lowest BCUT2D eigenvalue weighted by Gasteiger charge is -2.13. The third-order valence-corrected chi connectivity index (χ3v) is 3.86. The first-order valence-corrected chi connectivity index (χ1v) is 8.04. The van der Waals surface area contributed by atoms with Gasteiger partial charge in [-0.25, -0.2) is 4.98 Å². The fourth-order valence-electron chi connectivity index (χ4n) is 2.66. The lowest BCUT2D eigenvalue weighted by atomic mass is 10.3. The summed E-state index contributed by atoms with van der Waals surface area (Å²) in [7, 11) is 1.77. The van der Waals surface area contributed by atoms with Crippen LogP contribution in [0.1, 0.15) is 11.5 Å². The molecule has 0 fully saturated rings. The van der Waals surface area contributed by atoms with E-state index in [9.17, 15) is 0 Å². The van der Waals surface area contributed by atoms with Crippen molar-refractivity contribution in [1.82, 2.24) is 25.2 Å². The molecule has 6 heteroatoms. The predicted molar refractivity (Wildman–Crippen MR) is 96.9 cm³/mol. The van der Waals surface area contributed by atoms with Crippen molar-refractivity contribution >= 4 is 17.0 Å². The van der Waals surface area contributed by atoms with E-state index < -0.39 is 0 Å². The van der Waals surface area contributed by atoms with E-state index in [0.29, 0.717) is 6.54 Å². The summed E-state index contributed by atoms with van der Waals surface area (Å²) in [6.45, 7) is 4.28. The molecule has 3 aromatic rings. The second-order valence-electron chi connectivity index (χ2n) is 5.47. The number of aromatic nitrogens is 3. The fraction of sp³-hybridized carbons (Fsp3) is 0.278. The van der Waals surface area contributed by atoms with Crippen LogP contribution >= 0.6 is 0 Å². The van der Waals surface area contributed by atoms with Crippen LogP contribution in [0, 0.1) is 6.92 Å². The summed E-state index contributed by atoms with van der Waals surface area (Å²) in [5, 5.41) is 6.60. The average molecular weight is 322 g/mol. The number of hydrogen-bond donors (Lipinski definition) is 2. The number of imidazole rings is 1. The standard InChI is InChI=1S/C18H22N6/c1-14-23-16-8-3-4-9-17(16)24(14)12-11-21-18(19-2)22-13-15-7-5-6-10-20-15/h3-10H,11-13H2,1-2H3,(H2,19,21,22). The predicted octanol–water partition coefficient (Wildman–Crippen LogP) is 2.10. The van der Waals surface area contributed by atoms with Gasteiger partial charge in [0.25, 0.3) is 0 Å². The Morgan fingerprint density at radius 1 is 1.12 bits per heavy atom. The molecule has 24 heavy (non-hydrogen) atoms. The molecule has 0 amide bonds. The zero-order valence-corrected chi connectivity index (χ0v) is 14.0. The zero-order chi connectivity index (χ0) is 16.8. The first-order valence-electron chi connectivity index (χ1n) is 8.04. The second-order valence-corrected chi connectivity index (χ2v) is 5.47. The average Bonchev–Trinajstić information content (AvgIpc) is 2.94. The van der Waals surface area contributed by atoms with Gasteiger partial charge in [0.1, 0.15) is 5.82 Å². The number of fused-ring (bicyclic) bond motifs is 1. The van der Waals surface area contributed by atoms with Gasteiger partial charge in [0.15, 0.2) is 5.96 Å². The van der Waals surface area contributed by atoms with Gasteiger partial charge in [0.05, 0.1) is 23.3 Å². The molecule has 0 saturated carbocycles. The molecule has 0 unspecified atom stereocenters. The number of nitrogens with zero attached hydrogens (tertiary/aromatic N) is 4. The van der Waals surface area contributed by atoms with Gasteiger partial charge in [0, 0.05) is 26.3 Å².